The molecule has 0 radical (unpaired) electrons. The second kappa shape index (κ2) is 11.7. The summed E-state index contributed by atoms with van der Waals surface area (Å²) in [6.07, 6.45) is -2.94. The molecule has 37 heavy (non-hydrogen) atoms. The first kappa shape index (κ1) is 30.0. The van der Waals surface area contributed by atoms with Crippen molar-refractivity contribution in [2.75, 3.05) is 26.0 Å². The minimum Gasteiger partial charge on any atom is -0.387 e. The molecular weight excluding hydrogens is 565 g/mol. The number of fused-ring (bicyclic) bond motifs is 1. The second-order valence-corrected chi connectivity index (χ2v) is 12.5. The molecule has 0 saturated carbocycles. The van der Waals surface area contributed by atoms with E-state index in [-0.39, 0.29) is 23.7 Å². The van der Waals surface area contributed by atoms with Crippen LogP contribution in [0.3, 0.4) is 0 Å². The number of phosphoric acid groups is 2. The van der Waals surface area contributed by atoms with E-state index in [4.69, 9.17) is 15.2 Å². The van der Waals surface area contributed by atoms with E-state index in [9.17, 15) is 38.3 Å². The van der Waals surface area contributed by atoms with Crippen LogP contribution in [0.25, 0.3) is 11.2 Å². The zero-order valence-electron chi connectivity index (χ0n) is 19.4. The van der Waals surface area contributed by atoms with Crippen molar-refractivity contribution in [3.05, 3.63) is 16.7 Å². The highest BCUT2D eigenvalue weighted by molar-refractivity contribution is 7.67. The highest BCUT2D eigenvalue weighted by atomic mass is 31.3. The molecular formula is C15H27N6O13P3. The number of nitrogens with one attached hydrogen (secondary N) is 2. The number of hydrogen-bond donors (Lipinski definition) is 7. The normalized spacial score (nSPS) is 27.1. The Kier molecular flexibility index (Phi) is 9.46. The molecule has 1 aliphatic rings. The number of anilines is 1. The molecule has 1 fully saturated rings. The maximum atomic E-state index is 12.3. The van der Waals surface area contributed by atoms with Gasteiger partial charge in [0.1, 0.15) is 24.6 Å². The van der Waals surface area contributed by atoms with Crippen LogP contribution in [0.4, 0.5) is 5.95 Å². The van der Waals surface area contributed by atoms with Gasteiger partial charge in [0.05, 0.1) is 6.61 Å². The molecule has 7 atom stereocenters. The quantitative estimate of drug-likeness (QED) is 0.116. The number of unbranched alkanes of at least 4 members (excludes halogenated alkanes) is 1. The lowest BCUT2D eigenvalue weighted by Gasteiger charge is -2.20. The third kappa shape index (κ3) is 7.52. The summed E-state index contributed by atoms with van der Waals surface area (Å²) in [4.78, 5) is 51.6. The van der Waals surface area contributed by atoms with Crippen molar-refractivity contribution in [2.45, 2.75) is 44.3 Å². The summed E-state index contributed by atoms with van der Waals surface area (Å²) in [7, 11) is -14.6. The molecule has 1 aliphatic heterocycles. The van der Waals surface area contributed by atoms with Crippen LogP contribution in [-0.2, 0) is 36.3 Å². The molecule has 2 aromatic heterocycles. The molecule has 0 spiro atoms. The number of nitrogens with zero attached hydrogens (tertiary/aromatic N) is 3. The lowest BCUT2D eigenvalue weighted by atomic mass is 10.1. The van der Waals surface area contributed by atoms with Gasteiger partial charge in [-0.05, 0) is 6.42 Å². The molecule has 210 valence electrons. The molecule has 22 heteroatoms. The van der Waals surface area contributed by atoms with Crippen LogP contribution in [-0.4, -0.2) is 77.9 Å². The van der Waals surface area contributed by atoms with E-state index in [1.165, 1.54) is 18.0 Å². The Morgan fingerprint density at radius 2 is 1.95 bits per heavy atom. The van der Waals surface area contributed by atoms with Crippen LogP contribution in [0.5, 0.6) is 0 Å². The van der Waals surface area contributed by atoms with Gasteiger partial charge in [-0.15, -0.1) is 0 Å². The molecule has 3 rings (SSSR count). The fraction of sp³-hybridized carbons (Fsp3) is 0.667. The Morgan fingerprint density at radius 1 is 1.24 bits per heavy atom. The Hall–Kier alpha value is -1.56. The minimum atomic E-state index is -5.58. The van der Waals surface area contributed by atoms with Gasteiger partial charge in [0, 0.05) is 13.7 Å². The lowest BCUT2D eigenvalue weighted by Crippen LogP contribution is -2.35. The summed E-state index contributed by atoms with van der Waals surface area (Å²) in [6, 6.07) is 0. The molecule has 8 N–H and O–H groups in total. The molecule has 0 amide bonds. The van der Waals surface area contributed by atoms with Crippen molar-refractivity contribution in [2.24, 2.45) is 0 Å². The number of rotatable bonds is 13. The standard InChI is InChI=1S/C15H27N6O13P3/c1-3-4-5-18-35(24,25)33-37(28,29)34-36(26,27)31-6-8-10(22)11(30-2)14(32-8)21-7-17-12-9(21)13(23)20-15(16)19-12/h7-8,10-11,14,22H,3-6H2,1-2H3,(H,26,27)(H,28,29)(H2,18,24,25)(H3,16,19,20,23). The Labute approximate surface area is 208 Å². The van der Waals surface area contributed by atoms with Crippen molar-refractivity contribution in [3.63, 3.8) is 0 Å². The summed E-state index contributed by atoms with van der Waals surface area (Å²) in [6.45, 7) is 0.861. The van der Waals surface area contributed by atoms with Crippen molar-refractivity contribution < 1.29 is 56.1 Å². The fourth-order valence-corrected chi connectivity index (χ4v) is 7.14. The van der Waals surface area contributed by atoms with Gasteiger partial charge < -0.3 is 35.0 Å². The van der Waals surface area contributed by atoms with Crippen molar-refractivity contribution >= 4 is 40.5 Å². The number of aliphatic hydroxyl groups excluding tert-OH is 1. The molecule has 0 aromatic carbocycles. The topological polar surface area (TPSA) is 280 Å². The van der Waals surface area contributed by atoms with Gasteiger partial charge in [-0.2, -0.15) is 13.6 Å². The highest BCUT2D eigenvalue weighted by Gasteiger charge is 2.48. The third-order valence-corrected chi connectivity index (χ3v) is 9.44. The number of phosphoric ester groups is 1. The van der Waals surface area contributed by atoms with Crippen LogP contribution >= 0.6 is 23.4 Å². The second-order valence-electron chi connectivity index (χ2n) is 7.71. The van der Waals surface area contributed by atoms with Gasteiger partial charge in [0.15, 0.2) is 17.4 Å². The summed E-state index contributed by atoms with van der Waals surface area (Å²) in [5, 5.41) is 12.6. The Bertz CT molecular complexity index is 1300. The number of methoxy groups -OCH3 is 1. The van der Waals surface area contributed by atoms with Crippen LogP contribution in [0.2, 0.25) is 0 Å². The first-order valence-electron chi connectivity index (χ1n) is 10.6. The predicted octanol–water partition coefficient (Wildman–Crippen LogP) is -0.284. The third-order valence-electron chi connectivity index (χ3n) is 4.98. The fourth-order valence-electron chi connectivity index (χ4n) is 3.40. The SMILES string of the molecule is CCCCNP(=O)(O)OP(=O)(O)OP(=O)(O)OCC1OC(n2cnc3nc(N)[nH]c(=O)c32)C(OC)C1O. The molecule has 7 unspecified atom stereocenters. The average molecular weight is 592 g/mol. The average Bonchev–Trinajstić information content (AvgIpc) is 3.31. The number of hydrogen-bond acceptors (Lipinski definition) is 13. The predicted molar refractivity (Wildman–Crippen MR) is 124 cm³/mol. The van der Waals surface area contributed by atoms with Crippen molar-refractivity contribution in [1.29, 1.82) is 0 Å². The molecule has 0 bridgehead atoms. The molecule has 0 aliphatic carbocycles. The van der Waals surface area contributed by atoms with E-state index >= 15 is 0 Å². The van der Waals surface area contributed by atoms with E-state index in [0.717, 1.165) is 0 Å². The first-order valence-corrected chi connectivity index (χ1v) is 15.1. The zero-order valence-corrected chi connectivity index (χ0v) is 22.1. The number of nitrogens with two attached hydrogens (primary N) is 1. The number of aromatic nitrogens is 4. The summed E-state index contributed by atoms with van der Waals surface area (Å²) >= 11 is 0. The summed E-state index contributed by atoms with van der Waals surface area (Å²) in [5.74, 6) is -0.178. The Balaban J connectivity index is 1.68. The monoisotopic (exact) mass is 592 g/mol. The van der Waals surface area contributed by atoms with Gasteiger partial charge in [-0.1, -0.05) is 13.3 Å². The minimum absolute atomic E-state index is 0.0220. The number of nitrogen functional groups attached to an aromatic ring is 1. The van der Waals surface area contributed by atoms with Crippen molar-refractivity contribution in [1.82, 2.24) is 24.6 Å². The zero-order chi connectivity index (χ0) is 27.6. The molecule has 3 heterocycles. The lowest BCUT2D eigenvalue weighted by molar-refractivity contribution is -0.0576. The van der Waals surface area contributed by atoms with Crippen LogP contribution in [0.15, 0.2) is 11.1 Å². The van der Waals surface area contributed by atoms with E-state index in [2.05, 4.69) is 28.1 Å². The molecule has 1 saturated heterocycles. The van der Waals surface area contributed by atoms with Crippen LogP contribution in [0, 0.1) is 0 Å². The summed E-state index contributed by atoms with van der Waals surface area (Å²) in [5.41, 5.74) is 4.75. The first-order chi connectivity index (χ1) is 17.2. The Morgan fingerprint density at radius 3 is 2.59 bits per heavy atom. The summed E-state index contributed by atoms with van der Waals surface area (Å²) < 4.78 is 60.9. The number of H-pyrrole nitrogens is 1. The van der Waals surface area contributed by atoms with Crippen LogP contribution < -0.4 is 16.4 Å². The van der Waals surface area contributed by atoms with Gasteiger partial charge >= 0.3 is 23.4 Å². The molecule has 2 aromatic rings. The van der Waals surface area contributed by atoms with Crippen molar-refractivity contribution in [3.8, 4) is 0 Å². The smallest absolute Gasteiger partial charge is 0.387 e. The maximum absolute atomic E-state index is 12.3. The maximum Gasteiger partial charge on any atom is 0.489 e. The van der Waals surface area contributed by atoms with E-state index in [1.807, 2.05) is 5.09 Å². The van der Waals surface area contributed by atoms with E-state index < -0.39 is 60.1 Å². The van der Waals surface area contributed by atoms with Gasteiger partial charge in [0.2, 0.25) is 5.95 Å². The van der Waals surface area contributed by atoms with Gasteiger partial charge in [0.25, 0.3) is 5.56 Å². The number of ether oxygens (including phenoxy) is 2. The largest absolute Gasteiger partial charge is 0.489 e. The van der Waals surface area contributed by atoms with Crippen LogP contribution in [0.1, 0.15) is 26.0 Å². The molecule has 19 nitrogen and oxygen atoms in total. The van der Waals surface area contributed by atoms with E-state index in [0.29, 0.717) is 12.8 Å². The number of aliphatic hydroxyl groups is 1. The highest BCUT2D eigenvalue weighted by Crippen LogP contribution is 2.66. The van der Waals surface area contributed by atoms with Gasteiger partial charge in [-0.3, -0.25) is 18.9 Å². The van der Waals surface area contributed by atoms with Gasteiger partial charge in [-0.25, -0.2) is 23.8 Å². The number of imidazole rings is 1. The van der Waals surface area contributed by atoms with E-state index in [1.54, 1.807) is 6.92 Å². The number of aromatic amines is 1.